The van der Waals surface area contributed by atoms with Gasteiger partial charge in [-0.15, -0.1) is 0 Å². The molecule has 7 heteroatoms. The maximum absolute atomic E-state index is 11.6. The van der Waals surface area contributed by atoms with Gasteiger partial charge in [-0.25, -0.2) is 9.78 Å². The molecule has 152 valence electrons. The lowest BCUT2D eigenvalue weighted by molar-refractivity contribution is -0.0159. The molecule has 1 aliphatic heterocycles. The summed E-state index contributed by atoms with van der Waals surface area (Å²) in [5.41, 5.74) is 2.29. The van der Waals surface area contributed by atoms with E-state index in [0.717, 1.165) is 49.5 Å². The topological polar surface area (TPSA) is 74.0 Å². The summed E-state index contributed by atoms with van der Waals surface area (Å²) in [6.07, 6.45) is 2.35. The van der Waals surface area contributed by atoms with Crippen molar-refractivity contribution in [2.24, 2.45) is 0 Å². The van der Waals surface area contributed by atoms with Crippen molar-refractivity contribution in [3.05, 3.63) is 41.3 Å². The van der Waals surface area contributed by atoms with Gasteiger partial charge in [0.25, 0.3) is 0 Å². The number of rotatable bonds is 8. The van der Waals surface area contributed by atoms with E-state index in [4.69, 9.17) is 18.6 Å². The van der Waals surface area contributed by atoms with Crippen molar-refractivity contribution in [2.45, 2.75) is 32.4 Å². The molecule has 1 aromatic carbocycles. The predicted octanol–water partition coefficient (Wildman–Crippen LogP) is 3.06. The van der Waals surface area contributed by atoms with Gasteiger partial charge in [0.2, 0.25) is 5.89 Å². The highest BCUT2D eigenvalue weighted by Gasteiger charge is 2.22. The van der Waals surface area contributed by atoms with Crippen LogP contribution in [0.3, 0.4) is 0 Å². The molecule has 0 radical (unpaired) electrons. The van der Waals surface area contributed by atoms with Crippen molar-refractivity contribution < 1.29 is 23.4 Å². The van der Waals surface area contributed by atoms with Crippen molar-refractivity contribution in [2.75, 3.05) is 40.5 Å². The molecule has 7 nitrogen and oxygen atoms in total. The molecule has 2 heterocycles. The molecule has 0 unspecified atom stereocenters. The summed E-state index contributed by atoms with van der Waals surface area (Å²) in [7, 11) is 3.06. The number of carbonyl (C=O) groups excluding carboxylic acids is 1. The van der Waals surface area contributed by atoms with Crippen LogP contribution in [0.5, 0.6) is 0 Å². The summed E-state index contributed by atoms with van der Waals surface area (Å²) >= 11 is 0. The zero-order valence-corrected chi connectivity index (χ0v) is 16.8. The minimum absolute atomic E-state index is 0.314. The first-order valence-electron chi connectivity index (χ1n) is 9.58. The zero-order chi connectivity index (χ0) is 19.9. The number of aryl methyl sites for hydroxylation is 1. The van der Waals surface area contributed by atoms with Crippen LogP contribution in [0.2, 0.25) is 0 Å². The minimum Gasteiger partial charge on any atom is -0.465 e. The number of benzene rings is 1. The van der Waals surface area contributed by atoms with Gasteiger partial charge in [-0.2, -0.15) is 0 Å². The Morgan fingerprint density at radius 1 is 1.18 bits per heavy atom. The van der Waals surface area contributed by atoms with Gasteiger partial charge in [-0.1, -0.05) is 0 Å². The average molecular weight is 388 g/mol. The summed E-state index contributed by atoms with van der Waals surface area (Å²) in [5.74, 6) is 1.04. The van der Waals surface area contributed by atoms with Gasteiger partial charge < -0.3 is 18.6 Å². The maximum atomic E-state index is 11.6. The van der Waals surface area contributed by atoms with E-state index in [2.05, 4.69) is 9.88 Å². The number of oxazole rings is 1. The third kappa shape index (κ3) is 5.19. The molecular weight excluding hydrogens is 360 g/mol. The molecule has 0 N–H and O–H groups in total. The van der Waals surface area contributed by atoms with Crippen molar-refractivity contribution in [1.29, 1.82) is 0 Å². The number of nitrogens with zero attached hydrogens (tertiary/aromatic N) is 2. The van der Waals surface area contributed by atoms with Gasteiger partial charge in [-0.05, 0) is 44.0 Å². The van der Waals surface area contributed by atoms with Crippen LogP contribution < -0.4 is 0 Å². The van der Waals surface area contributed by atoms with E-state index in [-0.39, 0.29) is 5.97 Å². The van der Waals surface area contributed by atoms with Gasteiger partial charge in [0.1, 0.15) is 5.76 Å². The predicted molar refractivity (Wildman–Crippen MR) is 104 cm³/mol. The van der Waals surface area contributed by atoms with Crippen LogP contribution in [0.4, 0.5) is 0 Å². The van der Waals surface area contributed by atoms with Gasteiger partial charge in [0.05, 0.1) is 37.7 Å². The normalized spacial score (nSPS) is 15.7. The number of hydrogen-bond donors (Lipinski definition) is 0. The van der Waals surface area contributed by atoms with Crippen LogP contribution in [0.15, 0.2) is 28.7 Å². The Morgan fingerprint density at radius 3 is 2.54 bits per heavy atom. The van der Waals surface area contributed by atoms with E-state index < -0.39 is 0 Å². The van der Waals surface area contributed by atoms with Crippen molar-refractivity contribution in [1.82, 2.24) is 9.88 Å². The molecule has 0 spiro atoms. The van der Waals surface area contributed by atoms with Crippen LogP contribution in [0.1, 0.15) is 34.7 Å². The smallest absolute Gasteiger partial charge is 0.337 e. The van der Waals surface area contributed by atoms with E-state index in [1.54, 1.807) is 19.2 Å². The van der Waals surface area contributed by atoms with Crippen molar-refractivity contribution in [3.63, 3.8) is 0 Å². The van der Waals surface area contributed by atoms with Crippen molar-refractivity contribution in [3.8, 4) is 11.5 Å². The third-order valence-electron chi connectivity index (χ3n) is 4.99. The number of esters is 1. The summed E-state index contributed by atoms with van der Waals surface area (Å²) in [6, 6.07) is 7.08. The molecule has 28 heavy (non-hydrogen) atoms. The summed E-state index contributed by atoms with van der Waals surface area (Å²) in [6.45, 7) is 5.96. The highest BCUT2D eigenvalue weighted by molar-refractivity contribution is 5.89. The molecule has 2 aromatic rings. The fourth-order valence-corrected chi connectivity index (χ4v) is 3.31. The van der Waals surface area contributed by atoms with Crippen LogP contribution in [0.25, 0.3) is 11.5 Å². The van der Waals surface area contributed by atoms with Gasteiger partial charge in [0, 0.05) is 32.3 Å². The molecule has 0 atom stereocenters. The molecule has 3 rings (SSSR count). The number of ether oxygens (including phenoxy) is 3. The van der Waals surface area contributed by atoms with Gasteiger partial charge in [-0.3, -0.25) is 4.90 Å². The molecule has 0 bridgehead atoms. The highest BCUT2D eigenvalue weighted by atomic mass is 16.5. The van der Waals surface area contributed by atoms with E-state index in [1.807, 2.05) is 19.1 Å². The van der Waals surface area contributed by atoms with Crippen molar-refractivity contribution >= 4 is 5.97 Å². The van der Waals surface area contributed by atoms with Gasteiger partial charge >= 0.3 is 5.97 Å². The Labute approximate surface area is 165 Å². The largest absolute Gasteiger partial charge is 0.465 e. The lowest BCUT2D eigenvalue weighted by atomic mass is 10.1. The second kappa shape index (κ2) is 9.82. The second-order valence-electron chi connectivity index (χ2n) is 6.93. The lowest BCUT2D eigenvalue weighted by Gasteiger charge is -2.31. The Bertz CT molecular complexity index is 764. The quantitative estimate of drug-likeness (QED) is 0.508. The molecule has 1 aromatic heterocycles. The Kier molecular flexibility index (Phi) is 7.19. The molecule has 1 aliphatic rings. The van der Waals surface area contributed by atoms with Gasteiger partial charge in [0.15, 0.2) is 0 Å². The molecule has 0 aliphatic carbocycles. The molecule has 0 saturated carbocycles. The highest BCUT2D eigenvalue weighted by Crippen LogP contribution is 2.24. The zero-order valence-electron chi connectivity index (χ0n) is 16.8. The first kappa shape index (κ1) is 20.5. The molecular formula is C21H28N2O5. The number of likely N-dealkylation sites (tertiary alicyclic amines) is 1. The minimum atomic E-state index is -0.356. The number of piperidine rings is 1. The lowest BCUT2D eigenvalue weighted by Crippen LogP contribution is -2.37. The number of hydrogen-bond acceptors (Lipinski definition) is 7. The third-order valence-corrected chi connectivity index (χ3v) is 4.99. The van der Waals surface area contributed by atoms with Crippen LogP contribution in [0, 0.1) is 6.92 Å². The van der Waals surface area contributed by atoms with E-state index in [1.165, 1.54) is 7.11 Å². The first-order chi connectivity index (χ1) is 13.6. The van der Waals surface area contributed by atoms with Crippen LogP contribution in [-0.2, 0) is 20.8 Å². The average Bonchev–Trinajstić information content (AvgIpc) is 3.09. The fraction of sp³-hybridized carbons (Fsp3) is 0.524. The molecule has 1 saturated heterocycles. The monoisotopic (exact) mass is 388 g/mol. The standard InChI is InChI=1S/C21H28N2O5/c1-15-19(14-23-10-8-18(9-11-23)27-13-12-25-2)22-20(28-15)16-4-6-17(7-5-16)21(24)26-3/h4-7,18H,8-14H2,1-3H3. The molecule has 1 fully saturated rings. The number of aromatic nitrogens is 1. The SMILES string of the molecule is COCCOC1CCN(Cc2nc(-c3ccc(C(=O)OC)cc3)oc2C)CC1. The maximum Gasteiger partial charge on any atom is 0.337 e. The molecule has 0 amide bonds. The van der Waals surface area contributed by atoms with E-state index in [0.29, 0.717) is 30.8 Å². The first-order valence-corrected chi connectivity index (χ1v) is 9.58. The van der Waals surface area contributed by atoms with E-state index >= 15 is 0 Å². The summed E-state index contributed by atoms with van der Waals surface area (Å²) < 4.78 is 21.4. The fourth-order valence-electron chi connectivity index (χ4n) is 3.31. The number of carbonyl (C=O) groups is 1. The van der Waals surface area contributed by atoms with Crippen LogP contribution in [-0.4, -0.2) is 62.5 Å². The van der Waals surface area contributed by atoms with Crippen LogP contribution >= 0.6 is 0 Å². The Morgan fingerprint density at radius 2 is 1.89 bits per heavy atom. The number of methoxy groups -OCH3 is 2. The summed E-state index contributed by atoms with van der Waals surface area (Å²) in [5, 5.41) is 0. The Balaban J connectivity index is 1.57. The second-order valence-corrected chi connectivity index (χ2v) is 6.93. The summed E-state index contributed by atoms with van der Waals surface area (Å²) in [4.78, 5) is 18.6. The Hall–Kier alpha value is -2.22. The van der Waals surface area contributed by atoms with E-state index in [9.17, 15) is 4.79 Å².